The van der Waals surface area contributed by atoms with Crippen molar-refractivity contribution < 1.29 is 28.6 Å². The molecule has 0 N–H and O–H groups in total. The molecule has 6 nitrogen and oxygen atoms in total. The van der Waals surface area contributed by atoms with Gasteiger partial charge in [0.05, 0.1) is 0 Å². The molecule has 0 spiro atoms. The van der Waals surface area contributed by atoms with E-state index in [2.05, 4.69) is 118 Å². The van der Waals surface area contributed by atoms with Gasteiger partial charge in [0.15, 0.2) is 6.10 Å². The molecule has 0 rings (SSSR count). The standard InChI is InChI=1S/C66H112O6/c1-4-7-10-13-16-19-22-25-28-30-32-33-34-36-38-41-44-47-50-53-56-59-65(68)71-62-63(61-70-64(67)58-55-52-49-46-43-40-37-27-24-21-18-15-12-9-6-3)72-66(69)60-57-54-51-48-45-42-39-35-31-29-26-23-20-17-14-11-8-5-2/h9,12,18,21-22,25,27,29-32,34,36-37,43,46,63H,4-8,10-11,13-17,19-20,23-24,26,28,33,35,38-42,44-45,47-62H2,1-3H3/b12-9-,21-18-,25-22-,31-29-,32-30-,36-34-,37-27-,46-43-. The first-order chi connectivity index (χ1) is 35.5. The van der Waals surface area contributed by atoms with E-state index in [9.17, 15) is 14.4 Å². The van der Waals surface area contributed by atoms with E-state index in [1.807, 2.05) is 0 Å². The molecule has 0 aromatic carbocycles. The molecule has 412 valence electrons. The van der Waals surface area contributed by atoms with Gasteiger partial charge in [-0.1, -0.05) is 240 Å². The molecule has 0 aliphatic carbocycles. The van der Waals surface area contributed by atoms with Gasteiger partial charge in [-0.2, -0.15) is 0 Å². The average Bonchev–Trinajstić information content (AvgIpc) is 3.38. The van der Waals surface area contributed by atoms with Gasteiger partial charge >= 0.3 is 17.9 Å². The number of carbonyl (C=O) groups excluding carboxylic acids is 3. The molecular weight excluding hydrogens is 889 g/mol. The van der Waals surface area contributed by atoms with E-state index in [1.54, 1.807) is 0 Å². The van der Waals surface area contributed by atoms with E-state index in [1.165, 1.54) is 141 Å². The summed E-state index contributed by atoms with van der Waals surface area (Å²) in [6.07, 6.45) is 79.7. The molecule has 0 aromatic rings. The van der Waals surface area contributed by atoms with Crippen molar-refractivity contribution in [1.82, 2.24) is 0 Å². The third-order valence-corrected chi connectivity index (χ3v) is 12.8. The van der Waals surface area contributed by atoms with Crippen LogP contribution in [0.5, 0.6) is 0 Å². The fourth-order valence-corrected chi connectivity index (χ4v) is 8.26. The first kappa shape index (κ1) is 68.3. The minimum absolute atomic E-state index is 0.0996. The minimum Gasteiger partial charge on any atom is -0.462 e. The van der Waals surface area contributed by atoms with Crippen LogP contribution in [0.4, 0.5) is 0 Å². The van der Waals surface area contributed by atoms with Gasteiger partial charge in [0, 0.05) is 19.3 Å². The van der Waals surface area contributed by atoms with Gasteiger partial charge in [-0.05, 0) is 122 Å². The van der Waals surface area contributed by atoms with Crippen LogP contribution in [0.3, 0.4) is 0 Å². The summed E-state index contributed by atoms with van der Waals surface area (Å²) in [6, 6.07) is 0. The summed E-state index contributed by atoms with van der Waals surface area (Å²) in [5, 5.41) is 0. The summed E-state index contributed by atoms with van der Waals surface area (Å²) in [5.74, 6) is -0.953. The van der Waals surface area contributed by atoms with Crippen molar-refractivity contribution >= 4 is 17.9 Å². The van der Waals surface area contributed by atoms with E-state index in [4.69, 9.17) is 14.2 Å². The number of hydrogen-bond acceptors (Lipinski definition) is 6. The van der Waals surface area contributed by atoms with Crippen molar-refractivity contribution in [3.8, 4) is 0 Å². The summed E-state index contributed by atoms with van der Waals surface area (Å²) in [4.78, 5) is 38.2. The number of unbranched alkanes of at least 4 members (excludes halogenated alkanes) is 27. The van der Waals surface area contributed by atoms with Crippen LogP contribution in [-0.4, -0.2) is 37.2 Å². The zero-order valence-electron chi connectivity index (χ0n) is 47.2. The van der Waals surface area contributed by atoms with Crippen LogP contribution < -0.4 is 0 Å². The first-order valence-corrected chi connectivity index (χ1v) is 30.2. The molecule has 0 amide bonds. The highest BCUT2D eigenvalue weighted by atomic mass is 16.6. The van der Waals surface area contributed by atoms with Crippen molar-refractivity contribution in [2.24, 2.45) is 0 Å². The van der Waals surface area contributed by atoms with Crippen molar-refractivity contribution in [3.05, 3.63) is 97.2 Å². The molecule has 0 bridgehead atoms. The van der Waals surface area contributed by atoms with Crippen LogP contribution in [0.25, 0.3) is 0 Å². The third kappa shape index (κ3) is 57.2. The molecule has 0 aliphatic heterocycles. The van der Waals surface area contributed by atoms with Crippen LogP contribution in [0, 0.1) is 0 Å². The number of esters is 3. The maximum absolute atomic E-state index is 12.9. The molecular formula is C66H112O6. The van der Waals surface area contributed by atoms with E-state index >= 15 is 0 Å². The van der Waals surface area contributed by atoms with E-state index in [0.717, 1.165) is 103 Å². The first-order valence-electron chi connectivity index (χ1n) is 30.2. The molecule has 0 radical (unpaired) electrons. The molecule has 0 aromatic heterocycles. The number of ether oxygens (including phenoxy) is 3. The Hall–Kier alpha value is -3.67. The molecule has 6 heteroatoms. The zero-order chi connectivity index (χ0) is 52.2. The monoisotopic (exact) mass is 1000 g/mol. The molecule has 0 aliphatic rings. The summed E-state index contributed by atoms with van der Waals surface area (Å²) < 4.78 is 16.9. The van der Waals surface area contributed by atoms with Crippen molar-refractivity contribution in [3.63, 3.8) is 0 Å². The lowest BCUT2D eigenvalue weighted by atomic mass is 10.1. The molecule has 0 saturated carbocycles. The van der Waals surface area contributed by atoms with Gasteiger partial charge in [0.25, 0.3) is 0 Å². The van der Waals surface area contributed by atoms with Gasteiger partial charge in [-0.15, -0.1) is 0 Å². The highest BCUT2D eigenvalue weighted by molar-refractivity contribution is 5.71. The van der Waals surface area contributed by atoms with Crippen LogP contribution in [-0.2, 0) is 28.6 Å². The Morgan fingerprint density at radius 3 is 0.889 bits per heavy atom. The van der Waals surface area contributed by atoms with E-state index in [-0.39, 0.29) is 31.1 Å². The fourth-order valence-electron chi connectivity index (χ4n) is 8.26. The van der Waals surface area contributed by atoms with Gasteiger partial charge < -0.3 is 14.2 Å². The van der Waals surface area contributed by atoms with Crippen molar-refractivity contribution in [1.29, 1.82) is 0 Å². The van der Waals surface area contributed by atoms with Gasteiger partial charge in [-0.25, -0.2) is 0 Å². The molecule has 72 heavy (non-hydrogen) atoms. The molecule has 1 atom stereocenters. The number of rotatable bonds is 54. The normalized spacial score (nSPS) is 12.8. The third-order valence-electron chi connectivity index (χ3n) is 12.8. The minimum atomic E-state index is -0.804. The predicted molar refractivity (Wildman–Crippen MR) is 311 cm³/mol. The molecule has 0 fully saturated rings. The fraction of sp³-hybridized carbons (Fsp3) is 0.712. The SMILES string of the molecule is CC/C=C\C/C=C\C/C=C\C/C=C\CCCCC(=O)OCC(COC(=O)CCCCCCCC/C=C\C/C=C\C/C=C\CCCCCCC)OC(=O)CCCCCCCCC/C=C\CCCCCCCCC. The lowest BCUT2D eigenvalue weighted by Crippen LogP contribution is -2.30. The quantitative estimate of drug-likeness (QED) is 0.0261. The molecule has 0 heterocycles. The number of hydrogen-bond donors (Lipinski definition) is 0. The zero-order valence-corrected chi connectivity index (χ0v) is 47.2. The van der Waals surface area contributed by atoms with Gasteiger partial charge in [0.2, 0.25) is 0 Å². The summed E-state index contributed by atoms with van der Waals surface area (Å²) in [5.41, 5.74) is 0. The topological polar surface area (TPSA) is 78.9 Å². The lowest BCUT2D eigenvalue weighted by Gasteiger charge is -2.18. The van der Waals surface area contributed by atoms with Crippen molar-refractivity contribution in [2.75, 3.05) is 13.2 Å². The smallest absolute Gasteiger partial charge is 0.306 e. The van der Waals surface area contributed by atoms with Crippen LogP contribution >= 0.6 is 0 Å². The number of carbonyl (C=O) groups is 3. The highest BCUT2D eigenvalue weighted by Gasteiger charge is 2.19. The van der Waals surface area contributed by atoms with Crippen molar-refractivity contribution in [2.45, 2.75) is 290 Å². The Morgan fingerprint density at radius 1 is 0.292 bits per heavy atom. The van der Waals surface area contributed by atoms with Crippen LogP contribution in [0.1, 0.15) is 284 Å². The summed E-state index contributed by atoms with van der Waals surface area (Å²) in [7, 11) is 0. The Balaban J connectivity index is 4.45. The second kappa shape index (κ2) is 59.9. The predicted octanol–water partition coefficient (Wildman–Crippen LogP) is 20.5. The maximum Gasteiger partial charge on any atom is 0.306 e. The van der Waals surface area contributed by atoms with E-state index < -0.39 is 6.10 Å². The number of allylic oxidation sites excluding steroid dienone is 16. The largest absolute Gasteiger partial charge is 0.462 e. The maximum atomic E-state index is 12.9. The Bertz CT molecular complexity index is 1430. The highest BCUT2D eigenvalue weighted by Crippen LogP contribution is 2.15. The Kier molecular flexibility index (Phi) is 56.8. The summed E-state index contributed by atoms with van der Waals surface area (Å²) in [6.45, 7) is 6.48. The van der Waals surface area contributed by atoms with Gasteiger partial charge in [-0.3, -0.25) is 14.4 Å². The van der Waals surface area contributed by atoms with Gasteiger partial charge in [0.1, 0.15) is 13.2 Å². The molecule has 0 saturated heterocycles. The van der Waals surface area contributed by atoms with E-state index in [0.29, 0.717) is 19.3 Å². The van der Waals surface area contributed by atoms with Crippen LogP contribution in [0.2, 0.25) is 0 Å². The summed E-state index contributed by atoms with van der Waals surface area (Å²) >= 11 is 0. The Morgan fingerprint density at radius 2 is 0.542 bits per heavy atom. The Labute approximate surface area is 445 Å². The second-order valence-corrected chi connectivity index (χ2v) is 19.9. The molecule has 1 unspecified atom stereocenters. The lowest BCUT2D eigenvalue weighted by molar-refractivity contribution is -0.167. The second-order valence-electron chi connectivity index (χ2n) is 19.9. The average molecular weight is 1000 g/mol. The van der Waals surface area contributed by atoms with Crippen LogP contribution in [0.15, 0.2) is 97.2 Å².